The number of carbonyl (C=O) groups is 1. The smallest absolute Gasteiger partial charge is 0.267 e. The van der Waals surface area contributed by atoms with E-state index in [9.17, 15) is 9.90 Å². The minimum Gasteiger partial charge on any atom is -0.507 e. The second-order valence-corrected chi connectivity index (χ2v) is 6.99. The van der Waals surface area contributed by atoms with Crippen molar-refractivity contribution in [2.75, 3.05) is 7.11 Å². The zero-order chi connectivity index (χ0) is 20.9. The predicted molar refractivity (Wildman–Crippen MR) is 117 cm³/mol. The normalized spacial score (nSPS) is 16.0. The van der Waals surface area contributed by atoms with Gasteiger partial charge in [-0.05, 0) is 29.3 Å². The molecule has 4 rings (SSSR count). The van der Waals surface area contributed by atoms with E-state index in [1.807, 2.05) is 60.7 Å². The highest BCUT2D eigenvalue weighted by atomic mass is 16.5. The Balaban J connectivity index is 1.66. The number of hydrazone groups is 1. The molecule has 0 bridgehead atoms. The highest BCUT2D eigenvalue weighted by Crippen LogP contribution is 2.35. The maximum Gasteiger partial charge on any atom is 0.267 e. The second-order valence-electron chi connectivity index (χ2n) is 6.99. The molecule has 3 aromatic rings. The van der Waals surface area contributed by atoms with Crippen molar-refractivity contribution in [2.45, 2.75) is 12.5 Å². The number of ether oxygens (including phenoxy) is 1. The Labute approximate surface area is 175 Å². The van der Waals surface area contributed by atoms with E-state index in [2.05, 4.69) is 5.10 Å². The Morgan fingerprint density at radius 1 is 1.07 bits per heavy atom. The van der Waals surface area contributed by atoms with Crippen LogP contribution in [0.3, 0.4) is 0 Å². The van der Waals surface area contributed by atoms with Gasteiger partial charge in [0.15, 0.2) is 0 Å². The summed E-state index contributed by atoms with van der Waals surface area (Å²) in [6.45, 7) is 0. The van der Waals surface area contributed by atoms with Crippen LogP contribution in [-0.4, -0.2) is 28.8 Å². The fourth-order valence-corrected chi connectivity index (χ4v) is 3.50. The molecule has 1 N–H and O–H groups in total. The molecule has 5 nitrogen and oxygen atoms in total. The molecule has 1 aliphatic heterocycles. The van der Waals surface area contributed by atoms with Crippen LogP contribution in [0.25, 0.3) is 6.08 Å². The first-order chi connectivity index (χ1) is 14.7. The molecule has 1 amide bonds. The molecule has 0 saturated heterocycles. The number of aromatic hydroxyl groups is 1. The van der Waals surface area contributed by atoms with Crippen molar-refractivity contribution >= 4 is 17.7 Å². The lowest BCUT2D eigenvalue weighted by molar-refractivity contribution is -0.127. The summed E-state index contributed by atoms with van der Waals surface area (Å²) < 4.78 is 5.16. The fourth-order valence-electron chi connectivity index (χ4n) is 3.50. The minimum absolute atomic E-state index is 0.0778. The van der Waals surface area contributed by atoms with Crippen molar-refractivity contribution in [3.63, 3.8) is 0 Å². The standard InChI is InChI=1S/C25H22N2O3/c1-30-20-13-14-21(24(28)16-20)22-17-23(19-10-6-3-7-11-19)27(26-22)25(29)15-12-18-8-4-2-5-9-18/h2-16,23,28H,17H2,1H3/b15-12+/t23-/m1/s1. The van der Waals surface area contributed by atoms with Gasteiger partial charge >= 0.3 is 0 Å². The van der Waals surface area contributed by atoms with E-state index in [4.69, 9.17) is 4.74 Å². The third-order valence-corrected chi connectivity index (χ3v) is 5.05. The number of carbonyl (C=O) groups excluding carboxylic acids is 1. The molecule has 0 spiro atoms. The van der Waals surface area contributed by atoms with Gasteiger partial charge in [-0.3, -0.25) is 4.79 Å². The molecule has 1 heterocycles. The zero-order valence-electron chi connectivity index (χ0n) is 16.6. The number of benzene rings is 3. The summed E-state index contributed by atoms with van der Waals surface area (Å²) in [5, 5.41) is 16.5. The van der Waals surface area contributed by atoms with Crippen LogP contribution in [0.4, 0.5) is 0 Å². The molecule has 150 valence electrons. The van der Waals surface area contributed by atoms with E-state index in [-0.39, 0.29) is 17.7 Å². The van der Waals surface area contributed by atoms with Gasteiger partial charge in [0.1, 0.15) is 11.5 Å². The van der Waals surface area contributed by atoms with Crippen LogP contribution in [0.15, 0.2) is 90.0 Å². The molecular weight excluding hydrogens is 376 g/mol. The van der Waals surface area contributed by atoms with Crippen molar-refractivity contribution in [3.05, 3.63) is 102 Å². The fraction of sp³-hybridized carbons (Fsp3) is 0.120. The Morgan fingerprint density at radius 2 is 1.77 bits per heavy atom. The maximum atomic E-state index is 13.0. The summed E-state index contributed by atoms with van der Waals surface area (Å²) in [7, 11) is 1.55. The van der Waals surface area contributed by atoms with Gasteiger partial charge in [-0.1, -0.05) is 60.7 Å². The predicted octanol–water partition coefficient (Wildman–Crippen LogP) is 4.79. The first-order valence-corrected chi connectivity index (χ1v) is 9.72. The zero-order valence-corrected chi connectivity index (χ0v) is 16.6. The molecule has 0 radical (unpaired) electrons. The van der Waals surface area contributed by atoms with Crippen molar-refractivity contribution in [1.82, 2.24) is 5.01 Å². The molecule has 0 fully saturated rings. The lowest BCUT2D eigenvalue weighted by Crippen LogP contribution is -2.25. The molecular formula is C25H22N2O3. The third kappa shape index (κ3) is 4.10. The van der Waals surface area contributed by atoms with Gasteiger partial charge < -0.3 is 9.84 Å². The van der Waals surface area contributed by atoms with Crippen LogP contribution < -0.4 is 4.74 Å². The van der Waals surface area contributed by atoms with E-state index in [0.29, 0.717) is 23.4 Å². The number of rotatable bonds is 5. The summed E-state index contributed by atoms with van der Waals surface area (Å²) in [5.74, 6) is 0.429. The second kappa shape index (κ2) is 8.66. The summed E-state index contributed by atoms with van der Waals surface area (Å²) in [6, 6.07) is 24.3. The van der Waals surface area contributed by atoms with Crippen LogP contribution in [0, 0.1) is 0 Å². The van der Waals surface area contributed by atoms with Gasteiger partial charge in [-0.25, -0.2) is 5.01 Å². The number of hydrogen-bond donors (Lipinski definition) is 1. The molecule has 0 unspecified atom stereocenters. The summed E-state index contributed by atoms with van der Waals surface area (Å²) in [5.41, 5.74) is 3.19. The van der Waals surface area contributed by atoms with Gasteiger partial charge in [0, 0.05) is 24.1 Å². The summed E-state index contributed by atoms with van der Waals surface area (Å²) in [4.78, 5) is 13.0. The average molecular weight is 398 g/mol. The van der Waals surface area contributed by atoms with Crippen LogP contribution in [0.1, 0.15) is 29.2 Å². The lowest BCUT2D eigenvalue weighted by Gasteiger charge is -2.20. The Morgan fingerprint density at radius 3 is 2.43 bits per heavy atom. The molecule has 0 saturated carbocycles. The van der Waals surface area contributed by atoms with Crippen molar-refractivity contribution in [1.29, 1.82) is 0 Å². The van der Waals surface area contributed by atoms with E-state index in [1.54, 1.807) is 31.4 Å². The number of phenols is 1. The third-order valence-electron chi connectivity index (χ3n) is 5.05. The number of methoxy groups -OCH3 is 1. The SMILES string of the molecule is COc1ccc(C2=NN(C(=O)/C=C/c3ccccc3)[C@@H](c3ccccc3)C2)c(O)c1. The highest BCUT2D eigenvalue weighted by Gasteiger charge is 2.33. The molecule has 1 atom stereocenters. The lowest BCUT2D eigenvalue weighted by atomic mass is 9.98. The van der Waals surface area contributed by atoms with Crippen LogP contribution in [-0.2, 0) is 4.79 Å². The molecule has 30 heavy (non-hydrogen) atoms. The first-order valence-electron chi connectivity index (χ1n) is 9.72. The van der Waals surface area contributed by atoms with Crippen molar-refractivity contribution in [3.8, 4) is 11.5 Å². The minimum atomic E-state index is -0.240. The van der Waals surface area contributed by atoms with Gasteiger partial charge in [-0.2, -0.15) is 5.10 Å². The Bertz CT molecular complexity index is 1090. The van der Waals surface area contributed by atoms with Gasteiger partial charge in [0.05, 0.1) is 18.9 Å². The monoisotopic (exact) mass is 398 g/mol. The largest absolute Gasteiger partial charge is 0.507 e. The van der Waals surface area contributed by atoms with Crippen LogP contribution >= 0.6 is 0 Å². The number of amides is 1. The molecule has 3 aromatic carbocycles. The molecule has 1 aliphatic rings. The van der Waals surface area contributed by atoms with Gasteiger partial charge in [0.25, 0.3) is 5.91 Å². The van der Waals surface area contributed by atoms with E-state index in [0.717, 1.165) is 11.1 Å². The molecule has 0 aromatic heterocycles. The number of phenolic OH excluding ortho intramolecular Hbond substituents is 1. The topological polar surface area (TPSA) is 62.1 Å². The average Bonchev–Trinajstić information content (AvgIpc) is 3.24. The Kier molecular flexibility index (Phi) is 5.61. The van der Waals surface area contributed by atoms with Gasteiger partial charge in [0.2, 0.25) is 0 Å². The summed E-state index contributed by atoms with van der Waals surface area (Å²) in [6.07, 6.45) is 3.82. The van der Waals surface area contributed by atoms with Crippen molar-refractivity contribution < 1.29 is 14.6 Å². The molecule has 0 aliphatic carbocycles. The summed E-state index contributed by atoms with van der Waals surface area (Å²) >= 11 is 0. The first kappa shape index (κ1) is 19.5. The van der Waals surface area contributed by atoms with E-state index in [1.165, 1.54) is 11.1 Å². The van der Waals surface area contributed by atoms with Gasteiger partial charge in [-0.15, -0.1) is 0 Å². The van der Waals surface area contributed by atoms with E-state index < -0.39 is 0 Å². The number of nitrogens with zero attached hydrogens (tertiary/aromatic N) is 2. The highest BCUT2D eigenvalue weighted by molar-refractivity contribution is 6.06. The maximum absolute atomic E-state index is 13.0. The Hall–Kier alpha value is -3.86. The van der Waals surface area contributed by atoms with Crippen molar-refractivity contribution in [2.24, 2.45) is 5.10 Å². The molecule has 5 heteroatoms. The van der Waals surface area contributed by atoms with Crippen LogP contribution in [0.5, 0.6) is 11.5 Å². The van der Waals surface area contributed by atoms with Crippen LogP contribution in [0.2, 0.25) is 0 Å². The quantitative estimate of drug-likeness (QED) is 0.629. The van der Waals surface area contributed by atoms with E-state index >= 15 is 0 Å². The number of hydrogen-bond acceptors (Lipinski definition) is 4.